The molecule has 3 N–H and O–H groups in total. The van der Waals surface area contributed by atoms with Crippen LogP contribution < -0.4 is 5.73 Å². The third kappa shape index (κ3) is 35.3. The molecule has 0 aromatic carbocycles. The summed E-state index contributed by atoms with van der Waals surface area (Å²) in [5.41, 5.74) is 5.34. The van der Waals surface area contributed by atoms with Gasteiger partial charge >= 0.3 is 13.8 Å². The Bertz CT molecular complexity index is 900. The normalized spacial score (nSPS) is 14.4. The standard InChI is InChI=1S/C38H68NO7P/c1-3-5-7-9-11-13-15-17-18-20-22-24-26-28-30-33-43-35-37(36-45-47(41,42)44-34-32-39)46-38(40)31-29-27-25-23-21-19-16-14-12-10-8-6-4-2/h6,8,12,14-15,17,19,21,25,27,37H,3-5,7,9-11,13,16,18,20,22-24,26,28-36,39H2,1-2H3,(H,41,42)/b8-6-,14-12-,17-15-,21-19-,27-25-. The minimum absolute atomic E-state index is 0.0809. The van der Waals surface area contributed by atoms with E-state index in [0.717, 1.165) is 44.9 Å². The van der Waals surface area contributed by atoms with Crippen molar-refractivity contribution >= 4 is 13.8 Å². The summed E-state index contributed by atoms with van der Waals surface area (Å²) in [6.07, 6.45) is 41.1. The van der Waals surface area contributed by atoms with Crippen LogP contribution in [0.1, 0.15) is 136 Å². The van der Waals surface area contributed by atoms with Crippen molar-refractivity contribution in [1.29, 1.82) is 0 Å². The molecule has 2 atom stereocenters. The maximum atomic E-state index is 12.5. The molecule has 272 valence electrons. The predicted octanol–water partition coefficient (Wildman–Crippen LogP) is 10.2. The summed E-state index contributed by atoms with van der Waals surface area (Å²) in [7, 11) is -4.29. The lowest BCUT2D eigenvalue weighted by Crippen LogP contribution is -2.28. The van der Waals surface area contributed by atoms with E-state index < -0.39 is 19.9 Å². The molecule has 0 aliphatic heterocycles. The molecule has 8 nitrogen and oxygen atoms in total. The third-order valence-electron chi connectivity index (χ3n) is 7.18. The number of nitrogens with two attached hydrogens (primary N) is 1. The van der Waals surface area contributed by atoms with E-state index in [2.05, 4.69) is 62.5 Å². The highest BCUT2D eigenvalue weighted by Crippen LogP contribution is 2.43. The molecular formula is C38H68NO7P. The fourth-order valence-corrected chi connectivity index (χ4v) is 5.30. The highest BCUT2D eigenvalue weighted by atomic mass is 31.2. The number of hydrogen-bond donors (Lipinski definition) is 2. The van der Waals surface area contributed by atoms with Crippen molar-refractivity contribution in [1.82, 2.24) is 0 Å². The second-order valence-electron chi connectivity index (χ2n) is 11.7. The maximum absolute atomic E-state index is 12.5. The van der Waals surface area contributed by atoms with E-state index in [0.29, 0.717) is 13.0 Å². The van der Waals surface area contributed by atoms with Gasteiger partial charge in [0.1, 0.15) is 6.10 Å². The van der Waals surface area contributed by atoms with Gasteiger partial charge in [-0.25, -0.2) is 4.57 Å². The summed E-state index contributed by atoms with van der Waals surface area (Å²) in [5, 5.41) is 0. The van der Waals surface area contributed by atoms with Crippen molar-refractivity contribution < 1.29 is 32.8 Å². The summed E-state index contributed by atoms with van der Waals surface area (Å²) in [5.74, 6) is -0.415. The number of esters is 1. The van der Waals surface area contributed by atoms with E-state index in [1.807, 2.05) is 12.2 Å². The van der Waals surface area contributed by atoms with Gasteiger partial charge in [-0.3, -0.25) is 13.8 Å². The summed E-state index contributed by atoms with van der Waals surface area (Å²) in [6, 6.07) is 0. The van der Waals surface area contributed by atoms with Crippen molar-refractivity contribution in [3.8, 4) is 0 Å². The largest absolute Gasteiger partial charge is 0.472 e. The number of ether oxygens (including phenoxy) is 2. The molecule has 0 aromatic rings. The van der Waals surface area contributed by atoms with Gasteiger partial charge in [-0.2, -0.15) is 0 Å². The maximum Gasteiger partial charge on any atom is 0.472 e. The summed E-state index contributed by atoms with van der Waals surface area (Å²) in [4.78, 5) is 22.3. The SMILES string of the molecule is CC/C=C\C/C=C\C/C=C\C/C=C\CCC(=O)OC(COCCCCCCCC/C=C\CCCCCCC)COP(=O)(O)OCCN. The van der Waals surface area contributed by atoms with Crippen LogP contribution >= 0.6 is 7.82 Å². The monoisotopic (exact) mass is 681 g/mol. The highest BCUT2D eigenvalue weighted by Gasteiger charge is 2.25. The van der Waals surface area contributed by atoms with Crippen LogP contribution in [0.3, 0.4) is 0 Å². The number of carbonyl (C=O) groups is 1. The van der Waals surface area contributed by atoms with E-state index >= 15 is 0 Å². The molecule has 0 radical (unpaired) electrons. The molecule has 0 saturated carbocycles. The Balaban J connectivity index is 4.23. The van der Waals surface area contributed by atoms with Crippen LogP contribution in [0.5, 0.6) is 0 Å². The predicted molar refractivity (Wildman–Crippen MR) is 196 cm³/mol. The van der Waals surface area contributed by atoms with Gasteiger partial charge in [0.25, 0.3) is 0 Å². The second kappa shape index (κ2) is 35.5. The lowest BCUT2D eigenvalue weighted by Gasteiger charge is -2.19. The van der Waals surface area contributed by atoms with Gasteiger partial charge < -0.3 is 20.1 Å². The molecule has 0 rings (SSSR count). The summed E-state index contributed by atoms with van der Waals surface area (Å²) >= 11 is 0. The first-order chi connectivity index (χ1) is 22.9. The van der Waals surface area contributed by atoms with Crippen molar-refractivity contribution in [2.24, 2.45) is 5.73 Å². The van der Waals surface area contributed by atoms with Gasteiger partial charge in [0, 0.05) is 19.6 Å². The molecule has 9 heteroatoms. The van der Waals surface area contributed by atoms with Gasteiger partial charge in [0.2, 0.25) is 0 Å². The average molecular weight is 682 g/mol. The zero-order valence-electron chi connectivity index (χ0n) is 29.7. The lowest BCUT2D eigenvalue weighted by atomic mass is 10.1. The lowest BCUT2D eigenvalue weighted by molar-refractivity contribution is -0.154. The van der Waals surface area contributed by atoms with Crippen molar-refractivity contribution in [3.05, 3.63) is 60.8 Å². The van der Waals surface area contributed by atoms with Gasteiger partial charge in [0.05, 0.1) is 19.8 Å². The first-order valence-electron chi connectivity index (χ1n) is 18.3. The molecule has 0 spiro atoms. The molecule has 0 heterocycles. The first-order valence-corrected chi connectivity index (χ1v) is 19.8. The molecule has 0 aromatic heterocycles. The van der Waals surface area contributed by atoms with Gasteiger partial charge in [-0.05, 0) is 64.2 Å². The molecule has 0 aliphatic carbocycles. The second-order valence-corrected chi connectivity index (χ2v) is 13.2. The Hall–Kier alpha value is -1.80. The number of carbonyl (C=O) groups excluding carboxylic acids is 1. The van der Waals surface area contributed by atoms with E-state index in [-0.39, 0.29) is 32.8 Å². The zero-order chi connectivity index (χ0) is 34.5. The number of allylic oxidation sites excluding steroid dienone is 10. The van der Waals surface area contributed by atoms with E-state index in [1.165, 1.54) is 64.2 Å². The molecule has 0 saturated heterocycles. The minimum Gasteiger partial charge on any atom is -0.457 e. The topological polar surface area (TPSA) is 117 Å². The molecular weight excluding hydrogens is 613 g/mol. The average Bonchev–Trinajstić information content (AvgIpc) is 3.06. The van der Waals surface area contributed by atoms with Crippen molar-refractivity contribution in [2.75, 3.05) is 33.0 Å². The van der Waals surface area contributed by atoms with Crippen molar-refractivity contribution in [2.45, 2.75) is 142 Å². The Morgan fingerprint density at radius 1 is 0.660 bits per heavy atom. The highest BCUT2D eigenvalue weighted by molar-refractivity contribution is 7.47. The Kier molecular flexibility index (Phi) is 34.1. The number of phosphoric ester groups is 1. The van der Waals surface area contributed by atoms with Gasteiger partial charge in [-0.1, -0.05) is 126 Å². The molecule has 0 fully saturated rings. The number of phosphoric acid groups is 1. The Morgan fingerprint density at radius 3 is 1.79 bits per heavy atom. The van der Waals surface area contributed by atoms with Crippen LogP contribution in [-0.2, 0) is 27.9 Å². The molecule has 0 aliphatic rings. The molecule has 2 unspecified atom stereocenters. The van der Waals surface area contributed by atoms with Crippen LogP contribution in [-0.4, -0.2) is 49.9 Å². The van der Waals surface area contributed by atoms with Crippen LogP contribution in [0, 0.1) is 0 Å². The van der Waals surface area contributed by atoms with Crippen molar-refractivity contribution in [3.63, 3.8) is 0 Å². The van der Waals surface area contributed by atoms with E-state index in [4.69, 9.17) is 24.3 Å². The minimum atomic E-state index is -4.29. The van der Waals surface area contributed by atoms with E-state index in [1.54, 1.807) is 0 Å². The quantitative estimate of drug-likeness (QED) is 0.0298. The first kappa shape index (κ1) is 45.2. The number of hydrogen-bond acceptors (Lipinski definition) is 7. The molecule has 0 bridgehead atoms. The van der Waals surface area contributed by atoms with Gasteiger partial charge in [-0.15, -0.1) is 0 Å². The smallest absolute Gasteiger partial charge is 0.457 e. The Labute approximate surface area is 287 Å². The molecule has 0 amide bonds. The van der Waals surface area contributed by atoms with Crippen LogP contribution in [0.2, 0.25) is 0 Å². The molecule has 47 heavy (non-hydrogen) atoms. The number of unbranched alkanes of at least 4 members (excludes halogenated alkanes) is 11. The van der Waals surface area contributed by atoms with Crippen LogP contribution in [0.4, 0.5) is 0 Å². The summed E-state index contributed by atoms with van der Waals surface area (Å²) in [6.45, 7) is 4.65. The van der Waals surface area contributed by atoms with Gasteiger partial charge in [0.15, 0.2) is 0 Å². The third-order valence-corrected chi connectivity index (χ3v) is 8.17. The van der Waals surface area contributed by atoms with E-state index in [9.17, 15) is 14.3 Å². The summed E-state index contributed by atoms with van der Waals surface area (Å²) < 4.78 is 33.1. The fourth-order valence-electron chi connectivity index (χ4n) is 4.53. The van der Waals surface area contributed by atoms with Crippen LogP contribution in [0.25, 0.3) is 0 Å². The Morgan fingerprint density at radius 2 is 1.19 bits per heavy atom. The zero-order valence-corrected chi connectivity index (χ0v) is 30.6. The van der Waals surface area contributed by atoms with Crippen LogP contribution in [0.15, 0.2) is 60.8 Å². The number of rotatable bonds is 34. The fraction of sp³-hybridized carbons (Fsp3) is 0.711.